The molecule has 1 atom stereocenters. The number of likely N-dealkylation sites (N-methyl/N-ethyl adjacent to an activating group) is 1. The molecule has 0 aliphatic carbocycles. The molecule has 1 amide bonds. The van der Waals surface area contributed by atoms with E-state index in [9.17, 15) is 13.2 Å². The van der Waals surface area contributed by atoms with Crippen LogP contribution in [0.25, 0.3) is 0 Å². The first-order valence-corrected chi connectivity index (χ1v) is 9.81. The average molecular weight is 375 g/mol. The fourth-order valence-corrected chi connectivity index (χ4v) is 3.86. The Bertz CT molecular complexity index is 910. The van der Waals surface area contributed by atoms with E-state index in [1.165, 1.54) is 11.0 Å². The SMILES string of the molecule is Cc1ccc(C)c(S(=O)(=O)Nc2cccc(C(=O)N(C)C(C)CN)c2)c1. The molecule has 0 aliphatic heterocycles. The molecule has 7 heteroatoms. The summed E-state index contributed by atoms with van der Waals surface area (Å²) in [6.45, 7) is 5.79. The summed E-state index contributed by atoms with van der Waals surface area (Å²) in [6, 6.07) is 11.6. The van der Waals surface area contributed by atoms with Crippen LogP contribution in [0.5, 0.6) is 0 Å². The number of sulfonamides is 1. The second-order valence-electron chi connectivity index (χ2n) is 6.46. The van der Waals surface area contributed by atoms with E-state index in [0.29, 0.717) is 23.4 Å². The van der Waals surface area contributed by atoms with Crippen LogP contribution >= 0.6 is 0 Å². The van der Waals surface area contributed by atoms with Crippen molar-refractivity contribution in [2.24, 2.45) is 5.73 Å². The first-order chi connectivity index (χ1) is 12.2. The van der Waals surface area contributed by atoms with Gasteiger partial charge >= 0.3 is 0 Å². The molecule has 0 fully saturated rings. The standard InChI is InChI=1S/C19H25N3O3S/c1-13-8-9-14(2)18(10-13)26(24,25)21-17-7-5-6-16(11-17)19(23)22(4)15(3)12-20/h5-11,15,21H,12,20H2,1-4H3. The summed E-state index contributed by atoms with van der Waals surface area (Å²) < 4.78 is 28.0. The number of benzene rings is 2. The Morgan fingerprint density at radius 1 is 1.19 bits per heavy atom. The Hall–Kier alpha value is -2.38. The second kappa shape index (κ2) is 7.88. The number of hydrogen-bond donors (Lipinski definition) is 2. The lowest BCUT2D eigenvalue weighted by molar-refractivity contribution is 0.0748. The van der Waals surface area contributed by atoms with E-state index in [1.807, 2.05) is 19.9 Å². The summed E-state index contributed by atoms with van der Waals surface area (Å²) in [6.07, 6.45) is 0. The van der Waals surface area contributed by atoms with Crippen molar-refractivity contribution in [3.63, 3.8) is 0 Å². The number of hydrogen-bond acceptors (Lipinski definition) is 4. The fraction of sp³-hybridized carbons (Fsp3) is 0.316. The number of anilines is 1. The number of carbonyl (C=O) groups excluding carboxylic acids is 1. The van der Waals surface area contributed by atoms with Gasteiger partial charge in [-0.05, 0) is 56.2 Å². The van der Waals surface area contributed by atoms with Gasteiger partial charge in [-0.15, -0.1) is 0 Å². The molecule has 140 valence electrons. The van der Waals surface area contributed by atoms with Crippen molar-refractivity contribution in [2.75, 3.05) is 18.3 Å². The van der Waals surface area contributed by atoms with E-state index >= 15 is 0 Å². The first-order valence-electron chi connectivity index (χ1n) is 8.33. The molecular formula is C19H25N3O3S. The number of aryl methyl sites for hydroxylation is 2. The Morgan fingerprint density at radius 2 is 1.88 bits per heavy atom. The van der Waals surface area contributed by atoms with Crippen LogP contribution in [0, 0.1) is 13.8 Å². The second-order valence-corrected chi connectivity index (χ2v) is 8.11. The monoisotopic (exact) mass is 375 g/mol. The normalized spacial score (nSPS) is 12.5. The zero-order chi connectivity index (χ0) is 19.5. The van der Waals surface area contributed by atoms with Gasteiger partial charge in [-0.2, -0.15) is 0 Å². The van der Waals surface area contributed by atoms with Gasteiger partial charge in [0.15, 0.2) is 0 Å². The molecule has 0 bridgehead atoms. The van der Waals surface area contributed by atoms with E-state index in [4.69, 9.17) is 5.73 Å². The Morgan fingerprint density at radius 3 is 2.54 bits per heavy atom. The van der Waals surface area contributed by atoms with Crippen molar-refractivity contribution in [1.29, 1.82) is 0 Å². The van der Waals surface area contributed by atoms with Crippen molar-refractivity contribution in [1.82, 2.24) is 4.90 Å². The van der Waals surface area contributed by atoms with Crippen molar-refractivity contribution < 1.29 is 13.2 Å². The number of nitrogens with one attached hydrogen (secondary N) is 1. The number of nitrogens with two attached hydrogens (primary N) is 1. The molecule has 0 aliphatic rings. The lowest BCUT2D eigenvalue weighted by Crippen LogP contribution is -2.39. The number of amides is 1. The molecule has 26 heavy (non-hydrogen) atoms. The molecule has 2 aromatic rings. The fourth-order valence-electron chi connectivity index (χ4n) is 2.48. The van der Waals surface area contributed by atoms with Crippen molar-refractivity contribution >= 4 is 21.6 Å². The van der Waals surface area contributed by atoms with Crippen LogP contribution in [0.4, 0.5) is 5.69 Å². The molecule has 6 nitrogen and oxygen atoms in total. The Kier molecular flexibility index (Phi) is 6.05. The number of rotatable bonds is 6. The third kappa shape index (κ3) is 4.42. The molecule has 0 radical (unpaired) electrons. The highest BCUT2D eigenvalue weighted by Gasteiger charge is 2.20. The predicted molar refractivity (Wildman–Crippen MR) is 104 cm³/mol. The summed E-state index contributed by atoms with van der Waals surface area (Å²) in [4.78, 5) is 14.3. The van der Waals surface area contributed by atoms with Gasteiger partial charge in [0.2, 0.25) is 0 Å². The van der Waals surface area contributed by atoms with Crippen LogP contribution in [0.2, 0.25) is 0 Å². The van der Waals surface area contributed by atoms with Crippen LogP contribution in [0.3, 0.4) is 0 Å². The van der Waals surface area contributed by atoms with Gasteiger partial charge in [-0.3, -0.25) is 9.52 Å². The number of nitrogens with zero attached hydrogens (tertiary/aromatic N) is 1. The summed E-state index contributed by atoms with van der Waals surface area (Å²) in [5, 5.41) is 0. The molecule has 3 N–H and O–H groups in total. The molecule has 0 heterocycles. The predicted octanol–water partition coefficient (Wildman–Crippen LogP) is 2.52. The molecule has 0 spiro atoms. The van der Waals surface area contributed by atoms with E-state index in [2.05, 4.69) is 4.72 Å². The highest BCUT2D eigenvalue weighted by Crippen LogP contribution is 2.21. The van der Waals surface area contributed by atoms with Gasteiger partial charge in [0.1, 0.15) is 0 Å². The third-order valence-corrected chi connectivity index (χ3v) is 5.84. The minimum atomic E-state index is -3.75. The highest BCUT2D eigenvalue weighted by molar-refractivity contribution is 7.92. The maximum Gasteiger partial charge on any atom is 0.262 e. The molecule has 2 rings (SSSR count). The van der Waals surface area contributed by atoms with Crippen molar-refractivity contribution in [3.05, 3.63) is 59.2 Å². The van der Waals surface area contributed by atoms with Crippen molar-refractivity contribution in [3.8, 4) is 0 Å². The third-order valence-electron chi connectivity index (χ3n) is 4.32. The van der Waals surface area contributed by atoms with Gasteiger partial charge in [0.05, 0.1) is 4.90 Å². The van der Waals surface area contributed by atoms with Crippen LogP contribution in [0.15, 0.2) is 47.4 Å². The molecule has 0 saturated heterocycles. The largest absolute Gasteiger partial charge is 0.338 e. The molecular weight excluding hydrogens is 350 g/mol. The van der Waals surface area contributed by atoms with Gasteiger partial charge in [0, 0.05) is 30.9 Å². The molecule has 0 saturated carbocycles. The smallest absolute Gasteiger partial charge is 0.262 e. The topological polar surface area (TPSA) is 92.5 Å². The summed E-state index contributed by atoms with van der Waals surface area (Å²) in [7, 11) is -2.07. The zero-order valence-electron chi connectivity index (χ0n) is 15.5. The maximum atomic E-state index is 12.7. The summed E-state index contributed by atoms with van der Waals surface area (Å²) in [5.74, 6) is -0.212. The van der Waals surface area contributed by atoms with Gasteiger partial charge < -0.3 is 10.6 Å². The van der Waals surface area contributed by atoms with E-state index < -0.39 is 10.0 Å². The lowest BCUT2D eigenvalue weighted by atomic mass is 10.1. The minimum absolute atomic E-state index is 0.113. The zero-order valence-corrected chi connectivity index (χ0v) is 16.3. The van der Waals surface area contributed by atoms with Crippen LogP contribution in [-0.4, -0.2) is 38.9 Å². The molecule has 2 aromatic carbocycles. The highest BCUT2D eigenvalue weighted by atomic mass is 32.2. The van der Waals surface area contributed by atoms with E-state index in [-0.39, 0.29) is 16.8 Å². The van der Waals surface area contributed by atoms with E-state index in [1.54, 1.807) is 44.3 Å². The van der Waals surface area contributed by atoms with Crippen molar-refractivity contribution in [2.45, 2.75) is 31.7 Å². The van der Waals surface area contributed by atoms with Gasteiger partial charge in [-0.25, -0.2) is 8.42 Å². The lowest BCUT2D eigenvalue weighted by Gasteiger charge is -2.24. The molecule has 0 aromatic heterocycles. The summed E-state index contributed by atoms with van der Waals surface area (Å²) in [5.41, 5.74) is 7.86. The Labute approximate surface area is 155 Å². The van der Waals surface area contributed by atoms with Crippen LogP contribution in [-0.2, 0) is 10.0 Å². The Balaban J connectivity index is 2.31. The van der Waals surface area contributed by atoms with Gasteiger partial charge in [0.25, 0.3) is 15.9 Å². The molecule has 1 unspecified atom stereocenters. The van der Waals surface area contributed by atoms with E-state index in [0.717, 1.165) is 5.56 Å². The quantitative estimate of drug-likeness (QED) is 0.811. The maximum absolute atomic E-state index is 12.7. The van der Waals surface area contributed by atoms with Crippen LogP contribution in [0.1, 0.15) is 28.4 Å². The summed E-state index contributed by atoms with van der Waals surface area (Å²) >= 11 is 0. The van der Waals surface area contributed by atoms with Crippen LogP contribution < -0.4 is 10.5 Å². The average Bonchev–Trinajstić information content (AvgIpc) is 2.61. The number of carbonyl (C=O) groups is 1. The first kappa shape index (κ1) is 19.9. The van der Waals surface area contributed by atoms with Gasteiger partial charge in [-0.1, -0.05) is 18.2 Å². The minimum Gasteiger partial charge on any atom is -0.338 e.